The monoisotopic (exact) mass is 295 g/mol. The number of rotatable bonds is 7. The molecule has 0 heterocycles. The van der Waals surface area contributed by atoms with Gasteiger partial charge in [-0.25, -0.2) is 0 Å². The zero-order chi connectivity index (χ0) is 15.8. The molecule has 0 atom stereocenters. The molecule has 0 aliphatic heterocycles. The van der Waals surface area contributed by atoms with Crippen molar-refractivity contribution < 1.29 is 9.59 Å². The van der Waals surface area contributed by atoms with Crippen LogP contribution in [0.1, 0.15) is 34.3 Å². The minimum Gasteiger partial charge on any atom is -0.356 e. The fourth-order valence-electron chi connectivity index (χ4n) is 2.19. The summed E-state index contributed by atoms with van der Waals surface area (Å²) in [5.74, 6) is -0.0606. The first kappa shape index (κ1) is 16.0. The average molecular weight is 295 g/mol. The maximum atomic E-state index is 12.0. The van der Waals surface area contributed by atoms with E-state index in [2.05, 4.69) is 5.32 Å². The number of amides is 1. The molecule has 1 N–H and O–H groups in total. The summed E-state index contributed by atoms with van der Waals surface area (Å²) in [4.78, 5) is 23.7. The maximum Gasteiger partial charge on any atom is 0.220 e. The Morgan fingerprint density at radius 2 is 1.59 bits per heavy atom. The van der Waals surface area contributed by atoms with Crippen molar-refractivity contribution in [3.05, 3.63) is 71.3 Å². The van der Waals surface area contributed by atoms with E-state index in [4.69, 9.17) is 0 Å². The number of hydrogen-bond acceptors (Lipinski definition) is 2. The molecule has 1 amide bonds. The Balaban J connectivity index is 1.69. The van der Waals surface area contributed by atoms with Gasteiger partial charge in [-0.1, -0.05) is 60.2 Å². The molecular formula is C19H21NO2. The average Bonchev–Trinajstić information content (AvgIpc) is 2.54. The first-order chi connectivity index (χ1) is 10.6. The highest BCUT2D eigenvalue weighted by molar-refractivity contribution is 5.97. The summed E-state index contributed by atoms with van der Waals surface area (Å²) in [6.07, 6.45) is 1.29. The molecule has 0 aromatic heterocycles. The Labute approximate surface area is 131 Å². The second-order valence-electron chi connectivity index (χ2n) is 5.37. The van der Waals surface area contributed by atoms with E-state index in [0.717, 1.165) is 12.0 Å². The second-order valence-corrected chi connectivity index (χ2v) is 5.37. The first-order valence-corrected chi connectivity index (χ1v) is 7.55. The van der Waals surface area contributed by atoms with E-state index in [1.54, 1.807) is 0 Å². The van der Waals surface area contributed by atoms with Crippen LogP contribution in [0, 0.1) is 6.92 Å². The van der Waals surface area contributed by atoms with E-state index >= 15 is 0 Å². The van der Waals surface area contributed by atoms with Crippen molar-refractivity contribution in [1.29, 1.82) is 0 Å². The van der Waals surface area contributed by atoms with Gasteiger partial charge in [0.15, 0.2) is 5.78 Å². The Kier molecular flexibility index (Phi) is 5.90. The van der Waals surface area contributed by atoms with Crippen LogP contribution in [0.4, 0.5) is 0 Å². The molecule has 0 radical (unpaired) electrons. The summed E-state index contributed by atoms with van der Waals surface area (Å²) in [5.41, 5.74) is 2.98. The number of benzene rings is 2. The topological polar surface area (TPSA) is 46.2 Å². The predicted molar refractivity (Wildman–Crippen MR) is 87.9 cm³/mol. The molecular weight excluding hydrogens is 274 g/mol. The lowest BCUT2D eigenvalue weighted by atomic mass is 10.0. The van der Waals surface area contributed by atoms with Crippen LogP contribution in [0.5, 0.6) is 0 Å². The lowest BCUT2D eigenvalue weighted by Gasteiger charge is -2.05. The highest BCUT2D eigenvalue weighted by Crippen LogP contribution is 2.07. The van der Waals surface area contributed by atoms with Crippen molar-refractivity contribution in [3.8, 4) is 0 Å². The summed E-state index contributed by atoms with van der Waals surface area (Å²) < 4.78 is 0. The van der Waals surface area contributed by atoms with Crippen molar-refractivity contribution in [2.45, 2.75) is 26.2 Å². The Bertz CT molecular complexity index is 618. The predicted octanol–water partition coefficient (Wildman–Crippen LogP) is 3.32. The molecule has 0 saturated heterocycles. The molecule has 22 heavy (non-hydrogen) atoms. The van der Waals surface area contributed by atoms with Crippen LogP contribution >= 0.6 is 0 Å². The third-order valence-corrected chi connectivity index (χ3v) is 3.53. The largest absolute Gasteiger partial charge is 0.356 e. The van der Waals surface area contributed by atoms with Crippen molar-refractivity contribution in [2.75, 3.05) is 6.54 Å². The molecule has 0 spiro atoms. The number of carbonyl (C=O) groups is 2. The summed E-state index contributed by atoms with van der Waals surface area (Å²) in [6.45, 7) is 2.58. The van der Waals surface area contributed by atoms with Gasteiger partial charge in [0.1, 0.15) is 0 Å². The fourth-order valence-corrected chi connectivity index (χ4v) is 2.19. The van der Waals surface area contributed by atoms with Gasteiger partial charge in [0.2, 0.25) is 5.91 Å². The van der Waals surface area contributed by atoms with E-state index < -0.39 is 0 Å². The fraction of sp³-hybridized carbons (Fsp3) is 0.263. The van der Waals surface area contributed by atoms with E-state index in [9.17, 15) is 9.59 Å². The van der Waals surface area contributed by atoms with Crippen molar-refractivity contribution >= 4 is 11.7 Å². The summed E-state index contributed by atoms with van der Waals surface area (Å²) >= 11 is 0. The number of Topliss-reactive ketones (excluding diaryl/α,β-unsaturated/α-hetero) is 1. The van der Waals surface area contributed by atoms with Crippen LogP contribution in [-0.2, 0) is 11.2 Å². The van der Waals surface area contributed by atoms with Crippen LogP contribution < -0.4 is 5.32 Å². The van der Waals surface area contributed by atoms with Gasteiger partial charge < -0.3 is 5.32 Å². The highest BCUT2D eigenvalue weighted by atomic mass is 16.2. The lowest BCUT2D eigenvalue weighted by Crippen LogP contribution is -2.26. The molecule has 0 saturated carbocycles. The van der Waals surface area contributed by atoms with E-state index in [-0.39, 0.29) is 24.5 Å². The lowest BCUT2D eigenvalue weighted by molar-refractivity contribution is -0.121. The molecule has 2 rings (SSSR count). The Morgan fingerprint density at radius 3 is 2.27 bits per heavy atom. The summed E-state index contributed by atoms with van der Waals surface area (Å²) in [7, 11) is 0. The third kappa shape index (κ3) is 5.17. The van der Waals surface area contributed by atoms with Crippen LogP contribution in [0.3, 0.4) is 0 Å². The van der Waals surface area contributed by atoms with E-state index in [1.165, 1.54) is 5.56 Å². The van der Waals surface area contributed by atoms with Crippen molar-refractivity contribution in [3.63, 3.8) is 0 Å². The van der Waals surface area contributed by atoms with E-state index in [0.29, 0.717) is 12.1 Å². The van der Waals surface area contributed by atoms with Gasteiger partial charge >= 0.3 is 0 Å². The maximum absolute atomic E-state index is 12.0. The first-order valence-electron chi connectivity index (χ1n) is 7.55. The molecule has 0 aliphatic carbocycles. The molecule has 2 aromatic carbocycles. The second kappa shape index (κ2) is 8.13. The molecule has 0 aliphatic rings. The van der Waals surface area contributed by atoms with Gasteiger partial charge in [-0.05, 0) is 18.9 Å². The number of carbonyl (C=O) groups excluding carboxylic acids is 2. The molecule has 114 valence electrons. The minimum atomic E-state index is -0.0728. The standard InChI is InChI=1S/C19H21NO2/c1-15-7-9-17(10-8-15)18(21)11-12-19(22)20-14-13-16-5-3-2-4-6-16/h2-10H,11-14H2,1H3,(H,20,22). The Hall–Kier alpha value is -2.42. The Morgan fingerprint density at radius 1 is 0.909 bits per heavy atom. The number of aryl methyl sites for hydroxylation is 1. The van der Waals surface area contributed by atoms with Gasteiger partial charge in [-0.3, -0.25) is 9.59 Å². The zero-order valence-corrected chi connectivity index (χ0v) is 12.8. The van der Waals surface area contributed by atoms with Crippen LogP contribution in [0.15, 0.2) is 54.6 Å². The van der Waals surface area contributed by atoms with Crippen LogP contribution in [0.25, 0.3) is 0 Å². The van der Waals surface area contributed by atoms with Gasteiger partial charge in [-0.15, -0.1) is 0 Å². The van der Waals surface area contributed by atoms with Gasteiger partial charge in [0.25, 0.3) is 0 Å². The molecule has 0 bridgehead atoms. The van der Waals surface area contributed by atoms with Gasteiger partial charge in [0.05, 0.1) is 0 Å². The number of nitrogens with one attached hydrogen (secondary N) is 1. The zero-order valence-electron chi connectivity index (χ0n) is 12.8. The third-order valence-electron chi connectivity index (χ3n) is 3.53. The van der Waals surface area contributed by atoms with E-state index in [1.807, 2.05) is 61.5 Å². The van der Waals surface area contributed by atoms with Crippen molar-refractivity contribution in [1.82, 2.24) is 5.32 Å². The summed E-state index contributed by atoms with van der Waals surface area (Å²) in [5, 5.41) is 2.86. The number of hydrogen-bond donors (Lipinski definition) is 1. The van der Waals surface area contributed by atoms with Crippen LogP contribution in [-0.4, -0.2) is 18.2 Å². The van der Waals surface area contributed by atoms with Crippen molar-refractivity contribution in [2.24, 2.45) is 0 Å². The highest BCUT2D eigenvalue weighted by Gasteiger charge is 2.08. The van der Waals surface area contributed by atoms with Gasteiger partial charge in [-0.2, -0.15) is 0 Å². The molecule has 0 fully saturated rings. The van der Waals surface area contributed by atoms with Gasteiger partial charge in [0, 0.05) is 24.9 Å². The molecule has 2 aromatic rings. The SMILES string of the molecule is Cc1ccc(C(=O)CCC(=O)NCCc2ccccc2)cc1. The van der Waals surface area contributed by atoms with Crippen LogP contribution in [0.2, 0.25) is 0 Å². The minimum absolute atomic E-state index is 0.0122. The molecule has 3 heteroatoms. The quantitative estimate of drug-likeness (QED) is 0.797. The molecule has 0 unspecified atom stereocenters. The molecule has 3 nitrogen and oxygen atoms in total. The smallest absolute Gasteiger partial charge is 0.220 e. The summed E-state index contributed by atoms with van der Waals surface area (Å²) in [6, 6.07) is 17.4. The normalized spacial score (nSPS) is 10.2. The number of ketones is 1.